The van der Waals surface area contributed by atoms with Crippen molar-refractivity contribution in [2.75, 3.05) is 13.1 Å². The summed E-state index contributed by atoms with van der Waals surface area (Å²) in [6.45, 7) is 6.36. The van der Waals surface area contributed by atoms with Crippen LogP contribution in [0, 0.1) is 19.8 Å². The number of aryl methyl sites for hydroxylation is 2. The van der Waals surface area contributed by atoms with Crippen molar-refractivity contribution in [2.45, 2.75) is 58.0 Å². The molecule has 2 fully saturated rings. The van der Waals surface area contributed by atoms with Crippen molar-refractivity contribution in [1.29, 1.82) is 0 Å². The highest BCUT2D eigenvalue weighted by Gasteiger charge is 2.38. The lowest BCUT2D eigenvalue weighted by Crippen LogP contribution is -2.46. The Balaban J connectivity index is 1.88. The third-order valence-corrected chi connectivity index (χ3v) is 5.29. The predicted octanol–water partition coefficient (Wildman–Crippen LogP) is 3.57. The van der Waals surface area contributed by atoms with Crippen LogP contribution in [0.15, 0.2) is 18.2 Å². The summed E-state index contributed by atoms with van der Waals surface area (Å²) >= 11 is 0. The lowest BCUT2D eigenvalue weighted by molar-refractivity contribution is 0.0701. The van der Waals surface area contributed by atoms with Crippen LogP contribution in [-0.2, 0) is 0 Å². The maximum Gasteiger partial charge on any atom is 0.0473 e. The van der Waals surface area contributed by atoms with E-state index >= 15 is 0 Å². The number of nitrogens with zero attached hydrogens (tertiary/aromatic N) is 1. The molecule has 2 aliphatic rings. The van der Waals surface area contributed by atoms with Crippen molar-refractivity contribution in [3.05, 3.63) is 34.9 Å². The molecule has 0 amide bonds. The lowest BCUT2D eigenvalue weighted by atomic mass is 9.89. The van der Waals surface area contributed by atoms with E-state index in [4.69, 9.17) is 5.73 Å². The van der Waals surface area contributed by atoms with Gasteiger partial charge in [0.2, 0.25) is 0 Å². The van der Waals surface area contributed by atoms with E-state index in [1.54, 1.807) is 0 Å². The van der Waals surface area contributed by atoms with Gasteiger partial charge in [0.1, 0.15) is 0 Å². The summed E-state index contributed by atoms with van der Waals surface area (Å²) in [6.07, 6.45) is 7.01. The number of rotatable bonds is 3. The number of likely N-dealkylation sites (tertiary alicyclic amines) is 1. The van der Waals surface area contributed by atoms with Crippen LogP contribution in [0.5, 0.6) is 0 Å². The van der Waals surface area contributed by atoms with Crippen LogP contribution < -0.4 is 5.73 Å². The SMILES string of the molecule is Cc1cc(C)cc(C(CN)N2CCCC3CCCC32)c1. The van der Waals surface area contributed by atoms with Crippen LogP contribution in [0.2, 0.25) is 0 Å². The second-order valence-electron chi connectivity index (χ2n) is 6.81. The van der Waals surface area contributed by atoms with Crippen LogP contribution in [0.4, 0.5) is 0 Å². The minimum atomic E-state index is 0.416. The molecule has 1 aliphatic heterocycles. The molecule has 110 valence electrons. The Morgan fingerprint density at radius 1 is 1.10 bits per heavy atom. The number of hydrogen-bond donors (Lipinski definition) is 1. The summed E-state index contributed by atoms with van der Waals surface area (Å²) in [4.78, 5) is 2.73. The number of fused-ring (bicyclic) bond motifs is 1. The van der Waals surface area contributed by atoms with Crippen LogP contribution in [0.1, 0.15) is 54.8 Å². The summed E-state index contributed by atoms with van der Waals surface area (Å²) < 4.78 is 0. The normalized spacial score (nSPS) is 28.4. The Hall–Kier alpha value is -0.860. The van der Waals surface area contributed by atoms with E-state index in [-0.39, 0.29) is 0 Å². The highest BCUT2D eigenvalue weighted by Crippen LogP contribution is 2.40. The fraction of sp³-hybridized carbons (Fsp3) is 0.667. The molecule has 3 rings (SSSR count). The Morgan fingerprint density at radius 2 is 1.80 bits per heavy atom. The van der Waals surface area contributed by atoms with E-state index in [1.165, 1.54) is 55.3 Å². The zero-order chi connectivity index (χ0) is 14.1. The molecule has 3 atom stereocenters. The lowest BCUT2D eigenvalue weighted by Gasteiger charge is -2.43. The van der Waals surface area contributed by atoms with E-state index in [2.05, 4.69) is 36.9 Å². The third-order valence-electron chi connectivity index (χ3n) is 5.29. The fourth-order valence-electron chi connectivity index (χ4n) is 4.54. The van der Waals surface area contributed by atoms with E-state index in [1.807, 2.05) is 0 Å². The fourth-order valence-corrected chi connectivity index (χ4v) is 4.54. The topological polar surface area (TPSA) is 29.3 Å². The van der Waals surface area contributed by atoms with Gasteiger partial charge in [0.05, 0.1) is 0 Å². The molecule has 0 bridgehead atoms. The molecule has 3 unspecified atom stereocenters. The van der Waals surface area contributed by atoms with Gasteiger partial charge in [-0.3, -0.25) is 4.90 Å². The third kappa shape index (κ3) is 2.64. The second-order valence-corrected chi connectivity index (χ2v) is 6.81. The minimum absolute atomic E-state index is 0.416. The molecule has 2 heteroatoms. The van der Waals surface area contributed by atoms with Crippen molar-refractivity contribution in [2.24, 2.45) is 11.7 Å². The maximum atomic E-state index is 6.18. The number of benzene rings is 1. The smallest absolute Gasteiger partial charge is 0.0473 e. The Kier molecular flexibility index (Phi) is 4.13. The molecule has 0 radical (unpaired) electrons. The van der Waals surface area contributed by atoms with Gasteiger partial charge in [-0.25, -0.2) is 0 Å². The van der Waals surface area contributed by atoms with Crippen LogP contribution in [0.25, 0.3) is 0 Å². The van der Waals surface area contributed by atoms with Crippen molar-refractivity contribution in [3.8, 4) is 0 Å². The van der Waals surface area contributed by atoms with E-state index in [0.717, 1.165) is 18.5 Å². The molecular formula is C18H28N2. The second kappa shape index (κ2) is 5.87. The molecule has 1 saturated carbocycles. The average molecular weight is 272 g/mol. The van der Waals surface area contributed by atoms with Gasteiger partial charge in [-0.1, -0.05) is 35.7 Å². The number of piperidine rings is 1. The first-order chi connectivity index (χ1) is 9.69. The summed E-state index contributed by atoms with van der Waals surface area (Å²) in [5.41, 5.74) is 10.3. The van der Waals surface area contributed by atoms with E-state index in [9.17, 15) is 0 Å². The summed E-state index contributed by atoms with van der Waals surface area (Å²) in [5, 5.41) is 0. The molecule has 1 aliphatic carbocycles. The standard InChI is InChI=1S/C18H28N2/c1-13-9-14(2)11-16(10-13)18(12-19)20-8-4-6-15-5-3-7-17(15)20/h9-11,15,17-18H,3-8,12,19H2,1-2H3. The predicted molar refractivity (Wildman–Crippen MR) is 84.8 cm³/mol. The Morgan fingerprint density at radius 3 is 2.50 bits per heavy atom. The monoisotopic (exact) mass is 272 g/mol. The Bertz CT molecular complexity index is 448. The molecule has 20 heavy (non-hydrogen) atoms. The zero-order valence-electron chi connectivity index (χ0n) is 12.9. The molecule has 1 aromatic rings. The van der Waals surface area contributed by atoms with Crippen molar-refractivity contribution in [1.82, 2.24) is 4.90 Å². The van der Waals surface area contributed by atoms with Gasteiger partial charge in [-0.15, -0.1) is 0 Å². The van der Waals surface area contributed by atoms with Gasteiger partial charge in [0, 0.05) is 18.6 Å². The zero-order valence-corrected chi connectivity index (χ0v) is 12.9. The summed E-state index contributed by atoms with van der Waals surface area (Å²) in [7, 11) is 0. The average Bonchev–Trinajstić information content (AvgIpc) is 2.87. The van der Waals surface area contributed by atoms with Crippen LogP contribution in [0.3, 0.4) is 0 Å². The molecular weight excluding hydrogens is 244 g/mol. The first-order valence-electron chi connectivity index (χ1n) is 8.23. The molecule has 2 nitrogen and oxygen atoms in total. The van der Waals surface area contributed by atoms with Crippen molar-refractivity contribution < 1.29 is 0 Å². The molecule has 0 aromatic heterocycles. The van der Waals surface area contributed by atoms with Gasteiger partial charge in [0.15, 0.2) is 0 Å². The molecule has 0 spiro atoms. The van der Waals surface area contributed by atoms with Crippen molar-refractivity contribution >= 4 is 0 Å². The highest BCUT2D eigenvalue weighted by atomic mass is 15.2. The van der Waals surface area contributed by atoms with Gasteiger partial charge < -0.3 is 5.73 Å². The molecule has 1 saturated heterocycles. The molecule has 2 N–H and O–H groups in total. The van der Waals surface area contributed by atoms with Crippen molar-refractivity contribution in [3.63, 3.8) is 0 Å². The largest absolute Gasteiger partial charge is 0.329 e. The first-order valence-corrected chi connectivity index (χ1v) is 8.23. The van der Waals surface area contributed by atoms with Gasteiger partial charge in [-0.2, -0.15) is 0 Å². The van der Waals surface area contributed by atoms with Gasteiger partial charge >= 0.3 is 0 Å². The maximum absolute atomic E-state index is 6.18. The van der Waals surface area contributed by atoms with Crippen LogP contribution >= 0.6 is 0 Å². The Labute approximate surface area is 123 Å². The van der Waals surface area contributed by atoms with Gasteiger partial charge in [-0.05, 0) is 57.6 Å². The van der Waals surface area contributed by atoms with E-state index < -0.39 is 0 Å². The van der Waals surface area contributed by atoms with Crippen LogP contribution in [-0.4, -0.2) is 24.0 Å². The number of hydrogen-bond acceptors (Lipinski definition) is 2. The minimum Gasteiger partial charge on any atom is -0.329 e. The molecule has 1 heterocycles. The molecule has 1 aromatic carbocycles. The van der Waals surface area contributed by atoms with E-state index in [0.29, 0.717) is 6.04 Å². The number of nitrogens with two attached hydrogens (primary N) is 1. The quantitative estimate of drug-likeness (QED) is 0.911. The first kappa shape index (κ1) is 14.1. The van der Waals surface area contributed by atoms with Gasteiger partial charge in [0.25, 0.3) is 0 Å². The highest BCUT2D eigenvalue weighted by molar-refractivity contribution is 5.31. The summed E-state index contributed by atoms with van der Waals surface area (Å²) in [5.74, 6) is 0.934. The summed E-state index contributed by atoms with van der Waals surface area (Å²) in [6, 6.07) is 8.13.